The average Bonchev–Trinajstić information content (AvgIpc) is 2.84. The van der Waals surface area contributed by atoms with Crippen LogP contribution in [0.15, 0.2) is 30.3 Å². The Hall–Kier alpha value is -1.19. The Morgan fingerprint density at radius 1 is 1.10 bits per heavy atom. The third-order valence-electron chi connectivity index (χ3n) is 4.55. The Bertz CT molecular complexity index is 568. The summed E-state index contributed by atoms with van der Waals surface area (Å²) in [5.41, 5.74) is 2.72. The maximum Gasteiger partial charge on any atom is 0.0900 e. The Labute approximate surface area is 131 Å². The van der Waals surface area contributed by atoms with Gasteiger partial charge in [-0.2, -0.15) is 0 Å². The minimum Gasteiger partial charge on any atom is -0.309 e. The van der Waals surface area contributed by atoms with Gasteiger partial charge in [-0.25, -0.2) is 4.98 Å². The molecule has 1 aliphatic rings. The molecule has 21 heavy (non-hydrogen) atoms. The number of rotatable bonds is 4. The molecule has 1 saturated carbocycles. The van der Waals surface area contributed by atoms with Crippen LogP contribution in [-0.2, 0) is 6.54 Å². The van der Waals surface area contributed by atoms with E-state index in [4.69, 9.17) is 0 Å². The first kappa shape index (κ1) is 14.7. The first-order valence-corrected chi connectivity index (χ1v) is 8.75. The van der Waals surface area contributed by atoms with Gasteiger partial charge in [0, 0.05) is 17.5 Å². The van der Waals surface area contributed by atoms with E-state index in [-0.39, 0.29) is 0 Å². The van der Waals surface area contributed by atoms with E-state index >= 15 is 0 Å². The van der Waals surface area contributed by atoms with Crippen molar-refractivity contribution in [3.05, 3.63) is 51.5 Å². The van der Waals surface area contributed by atoms with Gasteiger partial charge in [-0.05, 0) is 51.0 Å². The molecule has 3 heteroatoms. The van der Waals surface area contributed by atoms with E-state index < -0.39 is 0 Å². The van der Waals surface area contributed by atoms with E-state index in [9.17, 15) is 0 Å². The molecular weight excluding hydrogens is 276 g/mol. The summed E-state index contributed by atoms with van der Waals surface area (Å²) in [7, 11) is 0. The topological polar surface area (TPSA) is 24.9 Å². The summed E-state index contributed by atoms with van der Waals surface area (Å²) in [5, 5.41) is 4.91. The van der Waals surface area contributed by atoms with Gasteiger partial charge in [-0.3, -0.25) is 0 Å². The highest BCUT2D eigenvalue weighted by Gasteiger charge is 2.22. The van der Waals surface area contributed by atoms with Crippen LogP contribution < -0.4 is 5.32 Å². The summed E-state index contributed by atoms with van der Waals surface area (Å²) < 4.78 is 0. The molecule has 0 radical (unpaired) electrons. The molecule has 1 fully saturated rings. The van der Waals surface area contributed by atoms with E-state index in [1.165, 1.54) is 46.8 Å². The summed E-state index contributed by atoms with van der Waals surface area (Å²) in [6, 6.07) is 11.7. The fraction of sp³-hybridized carbons (Fsp3) is 0.500. The molecule has 1 aliphatic carbocycles. The molecule has 0 bridgehead atoms. The number of hydrogen-bond acceptors (Lipinski definition) is 3. The van der Waals surface area contributed by atoms with Gasteiger partial charge in [0.2, 0.25) is 0 Å². The van der Waals surface area contributed by atoms with Crippen LogP contribution in [0.1, 0.15) is 52.7 Å². The van der Waals surface area contributed by atoms with Crippen LogP contribution in [0.5, 0.6) is 0 Å². The molecule has 1 aromatic heterocycles. The zero-order valence-electron chi connectivity index (χ0n) is 12.9. The monoisotopic (exact) mass is 300 g/mol. The second kappa shape index (κ2) is 6.71. The highest BCUT2D eigenvalue weighted by Crippen LogP contribution is 2.32. The molecule has 0 atom stereocenters. The minimum atomic E-state index is 0.673. The number of aromatic nitrogens is 1. The maximum absolute atomic E-state index is 4.51. The molecule has 0 spiro atoms. The Morgan fingerprint density at radius 3 is 2.43 bits per heavy atom. The maximum atomic E-state index is 4.51. The van der Waals surface area contributed by atoms with Crippen LogP contribution in [0, 0.1) is 13.8 Å². The number of aryl methyl sites for hydroxylation is 2. The lowest BCUT2D eigenvalue weighted by atomic mass is 9.82. The summed E-state index contributed by atoms with van der Waals surface area (Å²) in [6.07, 6.45) is 5.19. The standard InChI is InChI=1S/C18H24N2S/c1-13-18(21-14(2)20-13)12-19-17-10-8-16(9-11-17)15-6-4-3-5-7-15/h3-7,16-17,19H,8-12H2,1-2H3. The third kappa shape index (κ3) is 3.72. The average molecular weight is 300 g/mol. The quantitative estimate of drug-likeness (QED) is 0.894. The van der Waals surface area contributed by atoms with Crippen LogP contribution in [0.3, 0.4) is 0 Å². The molecule has 112 valence electrons. The van der Waals surface area contributed by atoms with Gasteiger partial charge in [0.25, 0.3) is 0 Å². The van der Waals surface area contributed by atoms with Gasteiger partial charge in [0.1, 0.15) is 0 Å². The van der Waals surface area contributed by atoms with E-state index in [1.807, 2.05) is 11.3 Å². The van der Waals surface area contributed by atoms with Gasteiger partial charge in [0.15, 0.2) is 0 Å². The van der Waals surface area contributed by atoms with Gasteiger partial charge in [-0.1, -0.05) is 30.3 Å². The summed E-state index contributed by atoms with van der Waals surface area (Å²) in [4.78, 5) is 5.91. The van der Waals surface area contributed by atoms with Gasteiger partial charge >= 0.3 is 0 Å². The number of hydrogen-bond donors (Lipinski definition) is 1. The van der Waals surface area contributed by atoms with Crippen molar-refractivity contribution in [3.8, 4) is 0 Å². The number of nitrogens with zero attached hydrogens (tertiary/aromatic N) is 1. The van der Waals surface area contributed by atoms with Crippen molar-refractivity contribution in [2.45, 2.75) is 58.0 Å². The van der Waals surface area contributed by atoms with E-state index in [1.54, 1.807) is 0 Å². The molecule has 0 unspecified atom stereocenters. The van der Waals surface area contributed by atoms with Crippen LogP contribution in [0.4, 0.5) is 0 Å². The van der Waals surface area contributed by atoms with Crippen molar-refractivity contribution in [2.24, 2.45) is 0 Å². The molecule has 1 aromatic carbocycles. The predicted octanol–water partition coefficient (Wildman–Crippen LogP) is 4.58. The largest absolute Gasteiger partial charge is 0.309 e. The predicted molar refractivity (Wildman–Crippen MR) is 89.9 cm³/mol. The Morgan fingerprint density at radius 2 is 1.81 bits per heavy atom. The summed E-state index contributed by atoms with van der Waals surface area (Å²) >= 11 is 1.83. The van der Waals surface area contributed by atoms with Crippen LogP contribution in [0.25, 0.3) is 0 Å². The smallest absolute Gasteiger partial charge is 0.0900 e. The molecule has 2 nitrogen and oxygen atoms in total. The lowest BCUT2D eigenvalue weighted by molar-refractivity contribution is 0.342. The first-order chi connectivity index (χ1) is 10.2. The Kier molecular flexibility index (Phi) is 4.71. The van der Waals surface area contributed by atoms with Crippen LogP contribution in [0.2, 0.25) is 0 Å². The molecular formula is C18H24N2S. The van der Waals surface area contributed by atoms with E-state index in [0.717, 1.165) is 12.5 Å². The van der Waals surface area contributed by atoms with Gasteiger partial charge < -0.3 is 5.32 Å². The molecule has 0 saturated heterocycles. The van der Waals surface area contributed by atoms with Crippen molar-refractivity contribution in [2.75, 3.05) is 0 Å². The van der Waals surface area contributed by atoms with Crippen molar-refractivity contribution in [1.82, 2.24) is 10.3 Å². The molecule has 2 aromatic rings. The second-order valence-electron chi connectivity index (χ2n) is 6.08. The van der Waals surface area contributed by atoms with Crippen molar-refractivity contribution < 1.29 is 0 Å². The highest BCUT2D eigenvalue weighted by molar-refractivity contribution is 7.11. The first-order valence-electron chi connectivity index (χ1n) is 7.93. The fourth-order valence-corrected chi connectivity index (χ4v) is 4.22. The lowest BCUT2D eigenvalue weighted by Gasteiger charge is -2.29. The number of nitrogens with one attached hydrogen (secondary N) is 1. The highest BCUT2D eigenvalue weighted by atomic mass is 32.1. The lowest BCUT2D eigenvalue weighted by Crippen LogP contribution is -2.32. The molecule has 1 heterocycles. The second-order valence-corrected chi connectivity index (χ2v) is 7.37. The van der Waals surface area contributed by atoms with Crippen molar-refractivity contribution >= 4 is 11.3 Å². The molecule has 0 amide bonds. The third-order valence-corrected chi connectivity index (χ3v) is 5.62. The molecule has 1 N–H and O–H groups in total. The van der Waals surface area contributed by atoms with E-state index in [0.29, 0.717) is 6.04 Å². The van der Waals surface area contributed by atoms with Crippen molar-refractivity contribution in [3.63, 3.8) is 0 Å². The number of benzene rings is 1. The van der Waals surface area contributed by atoms with Crippen LogP contribution >= 0.6 is 11.3 Å². The van der Waals surface area contributed by atoms with Gasteiger partial charge in [-0.15, -0.1) is 11.3 Å². The van der Waals surface area contributed by atoms with Crippen LogP contribution in [-0.4, -0.2) is 11.0 Å². The fourth-order valence-electron chi connectivity index (χ4n) is 3.33. The number of thiazole rings is 1. The zero-order chi connectivity index (χ0) is 14.7. The summed E-state index contributed by atoms with van der Waals surface area (Å²) in [5.74, 6) is 0.761. The SMILES string of the molecule is Cc1nc(C)c(CNC2CCC(c3ccccc3)CC2)s1. The van der Waals surface area contributed by atoms with E-state index in [2.05, 4.69) is 54.5 Å². The molecule has 0 aliphatic heterocycles. The minimum absolute atomic E-state index is 0.673. The summed E-state index contributed by atoms with van der Waals surface area (Å²) in [6.45, 7) is 5.19. The van der Waals surface area contributed by atoms with Gasteiger partial charge in [0.05, 0.1) is 10.7 Å². The normalized spacial score (nSPS) is 22.4. The molecule has 3 rings (SSSR count). The van der Waals surface area contributed by atoms with Crippen molar-refractivity contribution in [1.29, 1.82) is 0 Å². The Balaban J connectivity index is 1.49. The zero-order valence-corrected chi connectivity index (χ0v) is 13.7.